The van der Waals surface area contributed by atoms with Crippen LogP contribution >= 0.6 is 0 Å². The van der Waals surface area contributed by atoms with Gasteiger partial charge >= 0.3 is 0 Å². The van der Waals surface area contributed by atoms with E-state index < -0.39 is 0 Å². The van der Waals surface area contributed by atoms with Gasteiger partial charge in [-0.2, -0.15) is 0 Å². The van der Waals surface area contributed by atoms with Crippen LogP contribution in [0.4, 0.5) is 0 Å². The number of aromatic nitrogens is 1. The molecule has 0 saturated carbocycles. The van der Waals surface area contributed by atoms with Crippen molar-refractivity contribution in [1.29, 1.82) is 0 Å². The minimum atomic E-state index is 1.03. The molecule has 0 fully saturated rings. The molecule has 0 atom stereocenters. The zero-order valence-corrected chi connectivity index (χ0v) is 21.9. The summed E-state index contributed by atoms with van der Waals surface area (Å²) < 4.78 is 0. The van der Waals surface area contributed by atoms with Crippen molar-refractivity contribution in [1.82, 2.24) is 4.98 Å². The minimum Gasteiger partial charge on any atom is -0.256 e. The molecule has 0 N–H and O–H groups in total. The van der Waals surface area contributed by atoms with E-state index in [1.54, 1.807) is 0 Å². The molecule has 8 aromatic rings. The van der Waals surface area contributed by atoms with Gasteiger partial charge in [-0.05, 0) is 78.3 Å². The van der Waals surface area contributed by atoms with Crippen molar-refractivity contribution < 1.29 is 0 Å². The topological polar surface area (TPSA) is 12.9 Å². The lowest BCUT2D eigenvalue weighted by atomic mass is 9.87. The lowest BCUT2D eigenvalue weighted by Crippen LogP contribution is -1.92. The van der Waals surface area contributed by atoms with Gasteiger partial charge in [-0.3, -0.25) is 4.98 Å². The van der Waals surface area contributed by atoms with Gasteiger partial charge in [0.15, 0.2) is 0 Å². The zero-order valence-electron chi connectivity index (χ0n) is 21.9. The van der Waals surface area contributed by atoms with Gasteiger partial charge in [0.25, 0.3) is 0 Å². The molecule has 7 aromatic carbocycles. The van der Waals surface area contributed by atoms with Crippen molar-refractivity contribution >= 4 is 43.2 Å². The molecule has 1 aromatic heterocycles. The van der Waals surface area contributed by atoms with Gasteiger partial charge in [-0.25, -0.2) is 0 Å². The molecule has 1 nitrogen and oxygen atoms in total. The number of hydrogen-bond acceptors (Lipinski definition) is 1. The standard InChI is InChI=1S/C39H25N/c1-3-10-30-24-32(21-17-26(30)8-1)28-15-19-29(20-16-28)37-34-12-5-6-13-35(34)38(39-36(37)14-7-23-40-39)33-22-18-27-9-2-4-11-31(27)25-33/h1-25H. The Morgan fingerprint density at radius 1 is 0.325 bits per heavy atom. The highest BCUT2D eigenvalue weighted by Gasteiger charge is 2.17. The average Bonchev–Trinajstić information content (AvgIpc) is 3.03. The first-order valence-corrected chi connectivity index (χ1v) is 13.7. The molecule has 0 amide bonds. The highest BCUT2D eigenvalue weighted by Crippen LogP contribution is 2.43. The Morgan fingerprint density at radius 2 is 0.825 bits per heavy atom. The van der Waals surface area contributed by atoms with E-state index in [0.717, 1.165) is 5.52 Å². The summed E-state index contributed by atoms with van der Waals surface area (Å²) in [5.41, 5.74) is 8.29. The van der Waals surface area contributed by atoms with E-state index in [-0.39, 0.29) is 0 Å². The van der Waals surface area contributed by atoms with Crippen LogP contribution in [0.15, 0.2) is 152 Å². The van der Waals surface area contributed by atoms with Crippen LogP contribution in [0.3, 0.4) is 0 Å². The van der Waals surface area contributed by atoms with Gasteiger partial charge in [-0.15, -0.1) is 0 Å². The van der Waals surface area contributed by atoms with Crippen LogP contribution in [0.25, 0.3) is 76.6 Å². The Morgan fingerprint density at radius 3 is 1.52 bits per heavy atom. The molecule has 186 valence electrons. The van der Waals surface area contributed by atoms with E-state index in [1.807, 2.05) is 12.3 Å². The summed E-state index contributed by atoms with van der Waals surface area (Å²) in [6.45, 7) is 0. The number of pyridine rings is 1. The maximum absolute atomic E-state index is 4.97. The zero-order chi connectivity index (χ0) is 26.5. The fourth-order valence-corrected chi connectivity index (χ4v) is 6.14. The summed E-state index contributed by atoms with van der Waals surface area (Å²) in [7, 11) is 0. The average molecular weight is 508 g/mol. The summed E-state index contributed by atoms with van der Waals surface area (Å²) in [6, 6.07) is 52.5. The van der Waals surface area contributed by atoms with Crippen LogP contribution in [0.1, 0.15) is 0 Å². The van der Waals surface area contributed by atoms with Crippen LogP contribution in [0, 0.1) is 0 Å². The van der Waals surface area contributed by atoms with Crippen LogP contribution < -0.4 is 0 Å². The van der Waals surface area contributed by atoms with E-state index in [1.165, 1.54) is 71.1 Å². The van der Waals surface area contributed by atoms with Crippen LogP contribution in [-0.4, -0.2) is 4.98 Å². The summed E-state index contributed by atoms with van der Waals surface area (Å²) in [5.74, 6) is 0. The molecule has 1 heterocycles. The van der Waals surface area contributed by atoms with Crippen molar-refractivity contribution in [3.8, 4) is 33.4 Å². The summed E-state index contributed by atoms with van der Waals surface area (Å²) in [5, 5.41) is 8.64. The SMILES string of the molecule is c1ccc2cc(-c3ccc(-c4c5ccccc5c(-c5ccc6ccccc6c5)c5ncccc45)cc3)ccc2c1. The molecule has 0 spiro atoms. The number of rotatable bonds is 3. The monoisotopic (exact) mass is 507 g/mol. The molecular formula is C39H25N. The minimum absolute atomic E-state index is 1.03. The maximum atomic E-state index is 4.97. The maximum Gasteiger partial charge on any atom is 0.0792 e. The molecule has 1 heteroatoms. The third-order valence-electron chi connectivity index (χ3n) is 8.07. The number of benzene rings is 7. The highest BCUT2D eigenvalue weighted by molar-refractivity contribution is 6.20. The van der Waals surface area contributed by atoms with Crippen molar-refractivity contribution in [2.24, 2.45) is 0 Å². The van der Waals surface area contributed by atoms with Crippen molar-refractivity contribution in [2.75, 3.05) is 0 Å². The summed E-state index contributed by atoms with van der Waals surface area (Å²) >= 11 is 0. The molecule has 0 bridgehead atoms. The Balaban J connectivity index is 1.33. The predicted octanol–water partition coefficient (Wildman–Crippen LogP) is 10.7. The molecule has 8 rings (SSSR count). The number of hydrogen-bond donors (Lipinski definition) is 0. The van der Waals surface area contributed by atoms with E-state index in [2.05, 4.69) is 140 Å². The molecule has 40 heavy (non-hydrogen) atoms. The molecule has 0 radical (unpaired) electrons. The largest absolute Gasteiger partial charge is 0.256 e. The van der Waals surface area contributed by atoms with Crippen molar-refractivity contribution in [2.45, 2.75) is 0 Å². The molecule has 0 aliphatic carbocycles. The third kappa shape index (κ3) is 3.67. The number of fused-ring (bicyclic) bond motifs is 4. The molecule has 0 saturated heterocycles. The first kappa shape index (κ1) is 22.7. The van der Waals surface area contributed by atoms with E-state index >= 15 is 0 Å². The quantitative estimate of drug-likeness (QED) is 0.217. The van der Waals surface area contributed by atoms with Gasteiger partial charge in [0, 0.05) is 17.1 Å². The van der Waals surface area contributed by atoms with Gasteiger partial charge in [0.2, 0.25) is 0 Å². The fourth-order valence-electron chi connectivity index (χ4n) is 6.14. The van der Waals surface area contributed by atoms with Crippen molar-refractivity contribution in [3.05, 3.63) is 152 Å². The Kier molecular flexibility index (Phi) is 5.21. The van der Waals surface area contributed by atoms with E-state index in [4.69, 9.17) is 4.98 Å². The highest BCUT2D eigenvalue weighted by atomic mass is 14.7. The second kappa shape index (κ2) is 9.18. The second-order valence-electron chi connectivity index (χ2n) is 10.4. The van der Waals surface area contributed by atoms with Gasteiger partial charge < -0.3 is 0 Å². The summed E-state index contributed by atoms with van der Waals surface area (Å²) in [6.07, 6.45) is 1.91. The normalized spacial score (nSPS) is 11.5. The van der Waals surface area contributed by atoms with E-state index in [9.17, 15) is 0 Å². The molecule has 0 aliphatic rings. The Labute approximate surface area is 233 Å². The lowest BCUT2D eigenvalue weighted by molar-refractivity contribution is 1.42. The van der Waals surface area contributed by atoms with E-state index in [0.29, 0.717) is 0 Å². The molecule has 0 aliphatic heterocycles. The second-order valence-corrected chi connectivity index (χ2v) is 10.4. The molecule has 0 unspecified atom stereocenters. The lowest BCUT2D eigenvalue weighted by Gasteiger charge is -2.17. The van der Waals surface area contributed by atoms with Crippen molar-refractivity contribution in [3.63, 3.8) is 0 Å². The molecular weight excluding hydrogens is 482 g/mol. The first-order valence-electron chi connectivity index (χ1n) is 13.7. The first-order chi connectivity index (χ1) is 19.8. The number of nitrogens with zero attached hydrogens (tertiary/aromatic N) is 1. The fraction of sp³-hybridized carbons (Fsp3) is 0. The Bertz CT molecular complexity index is 2150. The smallest absolute Gasteiger partial charge is 0.0792 e. The summed E-state index contributed by atoms with van der Waals surface area (Å²) in [4.78, 5) is 4.97. The van der Waals surface area contributed by atoms with Gasteiger partial charge in [-0.1, -0.05) is 127 Å². The van der Waals surface area contributed by atoms with Gasteiger partial charge in [0.05, 0.1) is 5.52 Å². The third-order valence-corrected chi connectivity index (χ3v) is 8.07. The predicted molar refractivity (Wildman–Crippen MR) is 171 cm³/mol. The van der Waals surface area contributed by atoms with Crippen LogP contribution in [0.2, 0.25) is 0 Å². The van der Waals surface area contributed by atoms with Gasteiger partial charge in [0.1, 0.15) is 0 Å². The Hall–Kier alpha value is -5.27. The van der Waals surface area contributed by atoms with Crippen LogP contribution in [0.5, 0.6) is 0 Å². The van der Waals surface area contributed by atoms with Crippen LogP contribution in [-0.2, 0) is 0 Å².